The number of aliphatic hydroxyl groups excluding tert-OH is 1. The van der Waals surface area contributed by atoms with Gasteiger partial charge < -0.3 is 19.8 Å². The Morgan fingerprint density at radius 3 is 2.95 bits per heavy atom. The van der Waals surface area contributed by atoms with Crippen molar-refractivity contribution in [1.82, 2.24) is 4.90 Å². The molecule has 1 amide bonds. The van der Waals surface area contributed by atoms with Crippen molar-refractivity contribution in [2.24, 2.45) is 0 Å². The maximum Gasteiger partial charge on any atom is 0.232 e. The highest BCUT2D eigenvalue weighted by Gasteiger charge is 2.30. The van der Waals surface area contributed by atoms with Crippen LogP contribution in [0.2, 0.25) is 0 Å². The molecule has 22 heavy (non-hydrogen) atoms. The Labute approximate surface area is 135 Å². The molecule has 1 aromatic rings. The van der Waals surface area contributed by atoms with E-state index in [1.54, 1.807) is 12.0 Å². The maximum atomic E-state index is 12.3. The summed E-state index contributed by atoms with van der Waals surface area (Å²) in [6.45, 7) is 0.891. The fraction of sp³-hybridized carbons (Fsp3) is 0.562. The molecule has 1 heterocycles. The van der Waals surface area contributed by atoms with E-state index in [0.29, 0.717) is 38.1 Å². The minimum atomic E-state index is -1.03. The first-order valence-electron chi connectivity index (χ1n) is 7.44. The monoisotopic (exact) mass is 325 g/mol. The molecular formula is C16H23NO4S. The molecule has 1 aliphatic heterocycles. The Bertz CT molecular complexity index is 511. The first-order valence-corrected chi connectivity index (χ1v) is 8.43. The quantitative estimate of drug-likeness (QED) is 0.803. The zero-order valence-electron chi connectivity index (χ0n) is 12.8. The van der Waals surface area contributed by atoms with Crippen molar-refractivity contribution in [1.29, 1.82) is 0 Å². The lowest BCUT2D eigenvalue weighted by molar-refractivity contribution is -0.128. The van der Waals surface area contributed by atoms with Crippen molar-refractivity contribution in [3.05, 3.63) is 24.3 Å². The Hall–Kier alpha value is -1.24. The van der Waals surface area contributed by atoms with Crippen LogP contribution in [0.25, 0.3) is 0 Å². The molecule has 2 rings (SSSR count). The normalized spacial score (nSPS) is 22.2. The fourth-order valence-electron chi connectivity index (χ4n) is 2.51. The predicted molar refractivity (Wildman–Crippen MR) is 86.2 cm³/mol. The van der Waals surface area contributed by atoms with Crippen LogP contribution in [0.5, 0.6) is 5.75 Å². The molecule has 5 nitrogen and oxygen atoms in total. The first-order chi connectivity index (χ1) is 10.6. The number of benzene rings is 1. The van der Waals surface area contributed by atoms with Crippen LogP contribution in [0, 0.1) is 0 Å². The van der Waals surface area contributed by atoms with Crippen LogP contribution >= 0.6 is 11.8 Å². The highest BCUT2D eigenvalue weighted by atomic mass is 32.2. The second kappa shape index (κ2) is 7.85. The van der Waals surface area contributed by atoms with Gasteiger partial charge >= 0.3 is 0 Å². The summed E-state index contributed by atoms with van der Waals surface area (Å²) in [6.07, 6.45) is 1.68. The minimum Gasteiger partial charge on any atom is -0.497 e. The second-order valence-electron chi connectivity index (χ2n) is 5.58. The summed E-state index contributed by atoms with van der Waals surface area (Å²) in [5.74, 6) is 1.21. The lowest BCUT2D eigenvalue weighted by Gasteiger charge is -2.24. The predicted octanol–water partition coefficient (Wildman–Crippen LogP) is 1.52. The Balaban J connectivity index is 1.86. The zero-order valence-corrected chi connectivity index (χ0v) is 13.6. The number of rotatable bonds is 5. The molecule has 0 spiro atoms. The molecule has 0 saturated carbocycles. The topological polar surface area (TPSA) is 70.0 Å². The van der Waals surface area contributed by atoms with Crippen LogP contribution in [0.4, 0.5) is 0 Å². The number of hydrogen-bond donors (Lipinski definition) is 2. The summed E-state index contributed by atoms with van der Waals surface area (Å²) in [7, 11) is 1.62. The lowest BCUT2D eigenvalue weighted by Crippen LogP contribution is -2.37. The summed E-state index contributed by atoms with van der Waals surface area (Å²) in [5.41, 5.74) is -1.03. The number of carbonyl (C=O) groups is 1. The van der Waals surface area contributed by atoms with E-state index in [0.717, 1.165) is 10.6 Å². The van der Waals surface area contributed by atoms with Crippen LogP contribution in [0.3, 0.4) is 0 Å². The van der Waals surface area contributed by atoms with Crippen molar-refractivity contribution >= 4 is 17.7 Å². The van der Waals surface area contributed by atoms with Crippen molar-refractivity contribution in [2.75, 3.05) is 32.6 Å². The van der Waals surface area contributed by atoms with Gasteiger partial charge in [0.25, 0.3) is 0 Å². The smallest absolute Gasteiger partial charge is 0.232 e. The molecule has 0 radical (unpaired) electrons. The van der Waals surface area contributed by atoms with Gasteiger partial charge in [-0.3, -0.25) is 4.79 Å². The van der Waals surface area contributed by atoms with E-state index >= 15 is 0 Å². The molecule has 1 aliphatic rings. The van der Waals surface area contributed by atoms with Crippen molar-refractivity contribution in [3.8, 4) is 5.75 Å². The van der Waals surface area contributed by atoms with Crippen molar-refractivity contribution in [3.63, 3.8) is 0 Å². The number of thioether (sulfide) groups is 1. The number of ether oxygens (including phenoxy) is 1. The summed E-state index contributed by atoms with van der Waals surface area (Å²) >= 11 is 1.48. The minimum absolute atomic E-state index is 0.0648. The Kier molecular flexibility index (Phi) is 6.11. The standard InChI is InChI=1S/C16H23NO4S/c1-21-13-4-2-5-14(10-13)22-11-15(19)17-8-3-6-16(20,12-18)7-9-17/h2,4-5,10,18,20H,3,6-9,11-12H2,1H3/t16-/m0/s1. The third-order valence-electron chi connectivity index (χ3n) is 3.97. The van der Waals surface area contributed by atoms with Crippen LogP contribution in [0.1, 0.15) is 19.3 Å². The highest BCUT2D eigenvalue weighted by Crippen LogP contribution is 2.25. The molecule has 1 atom stereocenters. The third-order valence-corrected chi connectivity index (χ3v) is 4.95. The molecular weight excluding hydrogens is 302 g/mol. The van der Waals surface area contributed by atoms with Crippen LogP contribution in [0.15, 0.2) is 29.2 Å². The summed E-state index contributed by atoms with van der Waals surface area (Å²) in [6, 6.07) is 7.63. The van der Waals surface area contributed by atoms with E-state index < -0.39 is 5.60 Å². The summed E-state index contributed by atoms with van der Waals surface area (Å²) in [5, 5.41) is 19.4. The van der Waals surface area contributed by atoms with E-state index in [-0.39, 0.29) is 12.5 Å². The van der Waals surface area contributed by atoms with Gasteiger partial charge in [-0.05, 0) is 37.5 Å². The van der Waals surface area contributed by atoms with Gasteiger partial charge in [-0.25, -0.2) is 0 Å². The van der Waals surface area contributed by atoms with Gasteiger partial charge in [0.15, 0.2) is 0 Å². The fourth-order valence-corrected chi connectivity index (χ4v) is 3.36. The summed E-state index contributed by atoms with van der Waals surface area (Å²) in [4.78, 5) is 15.1. The van der Waals surface area contributed by atoms with Gasteiger partial charge in [0, 0.05) is 18.0 Å². The molecule has 1 aromatic carbocycles. The van der Waals surface area contributed by atoms with Crippen LogP contribution in [-0.4, -0.2) is 59.2 Å². The number of nitrogens with zero attached hydrogens (tertiary/aromatic N) is 1. The Morgan fingerprint density at radius 2 is 2.23 bits per heavy atom. The number of methoxy groups -OCH3 is 1. The second-order valence-corrected chi connectivity index (χ2v) is 6.63. The van der Waals surface area contributed by atoms with Gasteiger partial charge in [0.05, 0.1) is 25.1 Å². The Morgan fingerprint density at radius 1 is 1.41 bits per heavy atom. The van der Waals surface area contributed by atoms with Gasteiger partial charge in [0.2, 0.25) is 5.91 Å². The molecule has 1 saturated heterocycles. The van der Waals surface area contributed by atoms with Crippen molar-refractivity contribution < 1.29 is 19.7 Å². The van der Waals surface area contributed by atoms with E-state index in [9.17, 15) is 15.0 Å². The summed E-state index contributed by atoms with van der Waals surface area (Å²) < 4.78 is 5.17. The van der Waals surface area contributed by atoms with Gasteiger partial charge in [-0.1, -0.05) is 6.07 Å². The third kappa shape index (κ3) is 4.63. The van der Waals surface area contributed by atoms with E-state index in [2.05, 4.69) is 0 Å². The molecule has 0 aliphatic carbocycles. The van der Waals surface area contributed by atoms with Gasteiger partial charge in [0.1, 0.15) is 5.75 Å². The number of carbonyl (C=O) groups excluding carboxylic acids is 1. The molecule has 122 valence electrons. The van der Waals surface area contributed by atoms with E-state index in [1.807, 2.05) is 24.3 Å². The molecule has 0 aromatic heterocycles. The number of likely N-dealkylation sites (tertiary alicyclic amines) is 1. The molecule has 1 fully saturated rings. The first kappa shape index (κ1) is 17.1. The molecule has 2 N–H and O–H groups in total. The number of amides is 1. The molecule has 0 unspecified atom stereocenters. The van der Waals surface area contributed by atoms with Crippen molar-refractivity contribution in [2.45, 2.75) is 29.8 Å². The van der Waals surface area contributed by atoms with E-state index in [4.69, 9.17) is 4.74 Å². The SMILES string of the molecule is COc1cccc(SCC(=O)N2CCC[C@@](O)(CO)CC2)c1. The number of hydrogen-bond acceptors (Lipinski definition) is 5. The lowest BCUT2D eigenvalue weighted by atomic mass is 9.96. The van der Waals surface area contributed by atoms with Gasteiger partial charge in [-0.2, -0.15) is 0 Å². The van der Waals surface area contributed by atoms with Gasteiger partial charge in [-0.15, -0.1) is 11.8 Å². The molecule has 6 heteroatoms. The maximum absolute atomic E-state index is 12.3. The van der Waals surface area contributed by atoms with Crippen LogP contribution < -0.4 is 4.74 Å². The number of aliphatic hydroxyl groups is 2. The van der Waals surface area contributed by atoms with E-state index in [1.165, 1.54) is 11.8 Å². The largest absolute Gasteiger partial charge is 0.497 e. The van der Waals surface area contributed by atoms with Crippen LogP contribution in [-0.2, 0) is 4.79 Å². The highest BCUT2D eigenvalue weighted by molar-refractivity contribution is 8.00. The zero-order chi connectivity index (χ0) is 16.0. The average Bonchev–Trinajstić information content (AvgIpc) is 2.75. The average molecular weight is 325 g/mol. The molecule has 0 bridgehead atoms.